The van der Waals surface area contributed by atoms with Crippen LogP contribution < -0.4 is 11.1 Å². The van der Waals surface area contributed by atoms with Crippen LogP contribution >= 0.6 is 0 Å². The number of benzene rings is 2. The van der Waals surface area contributed by atoms with Crippen LogP contribution in [-0.4, -0.2) is 30.4 Å². The van der Waals surface area contributed by atoms with Gasteiger partial charge in [0.1, 0.15) is 0 Å². The molecule has 0 bridgehead atoms. The maximum Gasteiger partial charge on any atom is 0.224 e. The molecule has 2 unspecified atom stereocenters. The third-order valence-corrected chi connectivity index (χ3v) is 4.85. The lowest BCUT2D eigenvalue weighted by Gasteiger charge is -2.32. The first kappa shape index (κ1) is 17.6. The third-order valence-electron chi connectivity index (χ3n) is 4.85. The summed E-state index contributed by atoms with van der Waals surface area (Å²) in [5.41, 5.74) is 8.53. The van der Waals surface area contributed by atoms with Crippen LogP contribution in [-0.2, 0) is 11.3 Å². The molecular formula is C21H27N3O. The predicted molar refractivity (Wildman–Crippen MR) is 101 cm³/mol. The first-order chi connectivity index (χ1) is 12.2. The highest BCUT2D eigenvalue weighted by Crippen LogP contribution is 2.19. The largest absolute Gasteiger partial charge is 0.354 e. The summed E-state index contributed by atoms with van der Waals surface area (Å²) in [6.45, 7) is 3.27. The Morgan fingerprint density at radius 1 is 1.12 bits per heavy atom. The number of nitrogens with two attached hydrogens (primary N) is 1. The van der Waals surface area contributed by atoms with Gasteiger partial charge in [-0.2, -0.15) is 0 Å². The summed E-state index contributed by atoms with van der Waals surface area (Å²) in [5.74, 6) is 0.185. The second-order valence-corrected chi connectivity index (χ2v) is 6.82. The lowest BCUT2D eigenvalue weighted by atomic mass is 9.96. The Labute approximate surface area is 150 Å². The molecule has 25 heavy (non-hydrogen) atoms. The minimum atomic E-state index is -0.158. The van der Waals surface area contributed by atoms with Crippen LogP contribution in [0.5, 0.6) is 0 Å². The third kappa shape index (κ3) is 5.15. The summed E-state index contributed by atoms with van der Waals surface area (Å²) >= 11 is 0. The van der Waals surface area contributed by atoms with Crippen molar-refractivity contribution in [1.82, 2.24) is 10.2 Å². The van der Waals surface area contributed by atoms with Gasteiger partial charge in [-0.3, -0.25) is 9.69 Å². The number of hydrogen-bond donors (Lipinski definition) is 2. The average Bonchev–Trinajstić information content (AvgIpc) is 2.67. The lowest BCUT2D eigenvalue weighted by molar-refractivity contribution is -0.126. The van der Waals surface area contributed by atoms with Gasteiger partial charge in [0.2, 0.25) is 5.91 Å². The molecule has 1 aliphatic heterocycles. The molecule has 3 rings (SSSR count). The van der Waals surface area contributed by atoms with Gasteiger partial charge in [-0.25, -0.2) is 0 Å². The quantitative estimate of drug-likeness (QED) is 0.852. The van der Waals surface area contributed by atoms with E-state index in [2.05, 4.69) is 34.5 Å². The number of likely N-dealkylation sites (tertiary alicyclic amines) is 1. The highest BCUT2D eigenvalue weighted by atomic mass is 16.1. The molecule has 1 fully saturated rings. The summed E-state index contributed by atoms with van der Waals surface area (Å²) in [6.07, 6.45) is 2.02. The number of amides is 1. The zero-order valence-corrected chi connectivity index (χ0v) is 14.6. The monoisotopic (exact) mass is 337 g/mol. The predicted octanol–water partition coefficient (Wildman–Crippen LogP) is 2.71. The van der Waals surface area contributed by atoms with E-state index in [4.69, 9.17) is 5.73 Å². The van der Waals surface area contributed by atoms with Gasteiger partial charge < -0.3 is 11.1 Å². The van der Waals surface area contributed by atoms with E-state index in [1.54, 1.807) is 0 Å². The maximum absolute atomic E-state index is 12.5. The number of hydrogen-bond acceptors (Lipinski definition) is 3. The van der Waals surface area contributed by atoms with Crippen molar-refractivity contribution in [2.75, 3.05) is 19.6 Å². The highest BCUT2D eigenvalue weighted by molar-refractivity contribution is 5.79. The van der Waals surface area contributed by atoms with Gasteiger partial charge in [0.15, 0.2) is 0 Å². The van der Waals surface area contributed by atoms with E-state index in [-0.39, 0.29) is 17.9 Å². The fourth-order valence-corrected chi connectivity index (χ4v) is 3.43. The molecule has 0 aliphatic carbocycles. The molecular weight excluding hydrogens is 310 g/mol. The molecule has 2 atom stereocenters. The van der Waals surface area contributed by atoms with Crippen molar-refractivity contribution in [1.29, 1.82) is 0 Å². The normalized spacial score (nSPS) is 19.3. The van der Waals surface area contributed by atoms with Gasteiger partial charge >= 0.3 is 0 Å². The lowest BCUT2D eigenvalue weighted by Crippen LogP contribution is -2.44. The van der Waals surface area contributed by atoms with E-state index in [0.717, 1.165) is 38.0 Å². The molecule has 3 N–H and O–H groups in total. The summed E-state index contributed by atoms with van der Waals surface area (Å²) in [5, 5.41) is 3.04. The molecule has 4 heteroatoms. The molecule has 1 saturated heterocycles. The summed E-state index contributed by atoms with van der Waals surface area (Å²) < 4.78 is 0. The first-order valence-corrected chi connectivity index (χ1v) is 9.07. The number of nitrogens with zero attached hydrogens (tertiary/aromatic N) is 1. The van der Waals surface area contributed by atoms with Gasteiger partial charge in [0.05, 0.1) is 5.92 Å². The van der Waals surface area contributed by atoms with Gasteiger partial charge in [-0.15, -0.1) is 0 Å². The number of piperidine rings is 1. The molecule has 0 saturated carbocycles. The SMILES string of the molecule is NC(CNC(=O)C1CCCN(Cc2ccccc2)C1)c1ccccc1. The fraction of sp³-hybridized carbons (Fsp3) is 0.381. The standard InChI is InChI=1S/C21H27N3O/c22-20(18-10-5-2-6-11-18)14-23-21(25)19-12-7-13-24(16-19)15-17-8-3-1-4-9-17/h1-6,8-11,19-20H,7,12-16,22H2,(H,23,25). The van der Waals surface area contributed by atoms with Gasteiger partial charge in [-0.1, -0.05) is 60.7 Å². The zero-order chi connectivity index (χ0) is 17.5. The van der Waals surface area contributed by atoms with Crippen LogP contribution in [0.2, 0.25) is 0 Å². The van der Waals surface area contributed by atoms with Crippen LogP contribution in [0, 0.1) is 5.92 Å². The van der Waals surface area contributed by atoms with Crippen molar-refractivity contribution in [2.45, 2.75) is 25.4 Å². The van der Waals surface area contributed by atoms with E-state index < -0.39 is 0 Å². The molecule has 0 radical (unpaired) electrons. The Hall–Kier alpha value is -2.17. The molecule has 1 aliphatic rings. The topological polar surface area (TPSA) is 58.4 Å². The van der Waals surface area contributed by atoms with Gasteiger partial charge in [-0.05, 0) is 30.5 Å². The molecule has 1 amide bonds. The molecule has 0 spiro atoms. The van der Waals surface area contributed by atoms with E-state index in [1.165, 1.54) is 5.56 Å². The molecule has 132 valence electrons. The zero-order valence-electron chi connectivity index (χ0n) is 14.6. The molecule has 4 nitrogen and oxygen atoms in total. The minimum absolute atomic E-state index is 0.0560. The molecule has 2 aromatic rings. The van der Waals surface area contributed by atoms with E-state index >= 15 is 0 Å². The van der Waals surface area contributed by atoms with Crippen LogP contribution in [0.15, 0.2) is 60.7 Å². The second-order valence-electron chi connectivity index (χ2n) is 6.82. The fourth-order valence-electron chi connectivity index (χ4n) is 3.43. The molecule has 2 aromatic carbocycles. The van der Waals surface area contributed by atoms with Crippen molar-refractivity contribution in [3.05, 3.63) is 71.8 Å². The average molecular weight is 337 g/mol. The molecule has 1 heterocycles. The summed E-state index contributed by atoms with van der Waals surface area (Å²) in [6, 6.07) is 20.2. The number of carbonyl (C=O) groups is 1. The van der Waals surface area contributed by atoms with E-state index in [0.29, 0.717) is 6.54 Å². The number of rotatable bonds is 6. The van der Waals surface area contributed by atoms with Crippen molar-refractivity contribution < 1.29 is 4.79 Å². The van der Waals surface area contributed by atoms with Crippen molar-refractivity contribution in [2.24, 2.45) is 11.7 Å². The Balaban J connectivity index is 1.48. The van der Waals surface area contributed by atoms with Gasteiger partial charge in [0.25, 0.3) is 0 Å². The number of carbonyl (C=O) groups excluding carboxylic acids is 1. The maximum atomic E-state index is 12.5. The Morgan fingerprint density at radius 2 is 1.80 bits per heavy atom. The van der Waals surface area contributed by atoms with Crippen molar-refractivity contribution >= 4 is 5.91 Å². The Kier molecular flexibility index (Phi) is 6.20. The highest BCUT2D eigenvalue weighted by Gasteiger charge is 2.25. The Morgan fingerprint density at radius 3 is 2.52 bits per heavy atom. The summed E-state index contributed by atoms with van der Waals surface area (Å²) in [7, 11) is 0. The minimum Gasteiger partial charge on any atom is -0.354 e. The van der Waals surface area contributed by atoms with E-state index in [1.807, 2.05) is 36.4 Å². The van der Waals surface area contributed by atoms with E-state index in [9.17, 15) is 4.79 Å². The summed E-state index contributed by atoms with van der Waals surface area (Å²) in [4.78, 5) is 14.9. The van der Waals surface area contributed by atoms with Crippen LogP contribution in [0.3, 0.4) is 0 Å². The number of nitrogens with one attached hydrogen (secondary N) is 1. The smallest absolute Gasteiger partial charge is 0.224 e. The van der Waals surface area contributed by atoms with Crippen molar-refractivity contribution in [3.63, 3.8) is 0 Å². The molecule has 0 aromatic heterocycles. The van der Waals surface area contributed by atoms with Crippen LogP contribution in [0.1, 0.15) is 30.0 Å². The van der Waals surface area contributed by atoms with Gasteiger partial charge in [0, 0.05) is 25.7 Å². The van der Waals surface area contributed by atoms with Crippen molar-refractivity contribution in [3.8, 4) is 0 Å². The first-order valence-electron chi connectivity index (χ1n) is 9.07. The Bertz CT molecular complexity index is 659. The second kappa shape index (κ2) is 8.79. The van der Waals surface area contributed by atoms with Crippen LogP contribution in [0.4, 0.5) is 0 Å². The van der Waals surface area contributed by atoms with Crippen LogP contribution in [0.25, 0.3) is 0 Å².